The number of hydrogen-bond donors (Lipinski definition) is 0. The van der Waals surface area contributed by atoms with E-state index in [1.54, 1.807) is 26.4 Å². The molecule has 2 aliphatic rings. The van der Waals surface area contributed by atoms with Gasteiger partial charge in [0, 0.05) is 54.7 Å². The van der Waals surface area contributed by atoms with Gasteiger partial charge < -0.3 is 9.47 Å². The van der Waals surface area contributed by atoms with Crippen LogP contribution in [0.15, 0.2) is 65.8 Å². The number of benzene rings is 2. The van der Waals surface area contributed by atoms with E-state index in [2.05, 4.69) is 35.0 Å². The minimum absolute atomic E-state index is 0.357. The number of aliphatic imine (C=N–C) groups is 1. The van der Waals surface area contributed by atoms with Gasteiger partial charge in [-0.2, -0.15) is 4.39 Å². The first kappa shape index (κ1) is 22.9. The summed E-state index contributed by atoms with van der Waals surface area (Å²) in [6, 6.07) is 17.7. The number of ether oxygens (including phenoxy) is 2. The van der Waals surface area contributed by atoms with Crippen molar-refractivity contribution in [2.24, 2.45) is 10.9 Å². The summed E-state index contributed by atoms with van der Waals surface area (Å²) < 4.78 is 25.4. The monoisotopic (exact) mass is 477 g/mol. The molecule has 2 aliphatic heterocycles. The fourth-order valence-corrected chi connectivity index (χ4v) is 6.19. The minimum Gasteiger partial charge on any atom is -0.497 e. The average Bonchev–Trinajstić information content (AvgIpc) is 3.23. The van der Waals surface area contributed by atoms with E-state index in [9.17, 15) is 4.39 Å². The van der Waals surface area contributed by atoms with Gasteiger partial charge in [0.25, 0.3) is 0 Å². The van der Waals surface area contributed by atoms with Crippen LogP contribution in [0.25, 0.3) is 11.1 Å². The molecule has 0 aliphatic carbocycles. The van der Waals surface area contributed by atoms with Gasteiger partial charge in [0.1, 0.15) is 17.0 Å². The highest BCUT2D eigenvalue weighted by atomic mass is 32.2. The summed E-state index contributed by atoms with van der Waals surface area (Å²) in [4.78, 5) is 11.5. The highest BCUT2D eigenvalue weighted by Gasteiger charge is 2.49. The van der Waals surface area contributed by atoms with Gasteiger partial charge in [-0.05, 0) is 42.3 Å². The number of thioether (sulfide) groups is 1. The van der Waals surface area contributed by atoms with Gasteiger partial charge >= 0.3 is 0 Å². The van der Waals surface area contributed by atoms with E-state index in [0.717, 1.165) is 58.6 Å². The van der Waals surface area contributed by atoms with E-state index in [0.29, 0.717) is 11.5 Å². The number of rotatable bonds is 6. The van der Waals surface area contributed by atoms with Gasteiger partial charge in [0.05, 0.1) is 19.3 Å². The molecule has 0 saturated carbocycles. The lowest BCUT2D eigenvalue weighted by Crippen LogP contribution is -2.38. The second-order valence-corrected chi connectivity index (χ2v) is 10.0. The quantitative estimate of drug-likeness (QED) is 0.445. The van der Waals surface area contributed by atoms with Crippen molar-refractivity contribution in [1.82, 2.24) is 9.88 Å². The molecule has 34 heavy (non-hydrogen) atoms. The molecule has 5 nitrogen and oxygen atoms in total. The number of nitrogens with zero attached hydrogens (tertiary/aromatic N) is 3. The first-order valence-electron chi connectivity index (χ1n) is 11.4. The Labute approximate surface area is 204 Å². The van der Waals surface area contributed by atoms with Crippen molar-refractivity contribution in [3.63, 3.8) is 0 Å². The molecule has 3 heterocycles. The number of pyridine rings is 1. The van der Waals surface area contributed by atoms with Gasteiger partial charge in [-0.3, -0.25) is 9.89 Å². The molecular weight excluding hydrogens is 449 g/mol. The van der Waals surface area contributed by atoms with E-state index in [-0.39, 0.29) is 5.54 Å². The highest BCUT2D eigenvalue weighted by molar-refractivity contribution is 8.13. The van der Waals surface area contributed by atoms with Gasteiger partial charge in [-0.25, -0.2) is 4.98 Å². The van der Waals surface area contributed by atoms with Gasteiger partial charge in [-0.15, -0.1) is 11.8 Å². The molecule has 1 fully saturated rings. The third-order valence-corrected chi connectivity index (χ3v) is 7.87. The number of halogens is 1. The first-order chi connectivity index (χ1) is 16.5. The maximum absolute atomic E-state index is 14.4. The highest BCUT2D eigenvalue weighted by Crippen LogP contribution is 2.47. The summed E-state index contributed by atoms with van der Waals surface area (Å²) in [5, 5.41) is 1.10. The van der Waals surface area contributed by atoms with Crippen LogP contribution in [0.3, 0.4) is 0 Å². The van der Waals surface area contributed by atoms with E-state index in [1.165, 1.54) is 6.20 Å². The van der Waals surface area contributed by atoms with Crippen LogP contribution >= 0.6 is 11.8 Å². The molecule has 7 heteroatoms. The summed E-state index contributed by atoms with van der Waals surface area (Å²) in [7, 11) is 3.35. The molecule has 0 N–H and O–H groups in total. The Kier molecular flexibility index (Phi) is 6.32. The van der Waals surface area contributed by atoms with Crippen molar-refractivity contribution < 1.29 is 13.9 Å². The molecule has 0 spiro atoms. The number of hydrogen-bond acceptors (Lipinski definition) is 6. The second-order valence-electron chi connectivity index (χ2n) is 8.83. The topological polar surface area (TPSA) is 47.0 Å². The number of likely N-dealkylation sites (tertiary alicyclic amines) is 1. The maximum atomic E-state index is 14.4. The lowest BCUT2D eigenvalue weighted by atomic mass is 9.81. The molecule has 2 aromatic carbocycles. The molecule has 0 unspecified atom stereocenters. The zero-order chi connectivity index (χ0) is 23.7. The number of methoxy groups -OCH3 is 2. The lowest BCUT2D eigenvalue weighted by Gasteiger charge is -2.35. The van der Waals surface area contributed by atoms with E-state index < -0.39 is 5.95 Å². The van der Waals surface area contributed by atoms with Crippen molar-refractivity contribution >= 4 is 16.8 Å². The summed E-state index contributed by atoms with van der Waals surface area (Å²) in [6.45, 7) is 4.58. The predicted molar refractivity (Wildman–Crippen MR) is 135 cm³/mol. The van der Waals surface area contributed by atoms with Crippen LogP contribution in [0.1, 0.15) is 18.1 Å². The van der Waals surface area contributed by atoms with Crippen LogP contribution < -0.4 is 9.47 Å². The fraction of sp³-hybridized carbons (Fsp3) is 0.333. The molecule has 5 rings (SSSR count). The van der Waals surface area contributed by atoms with Gasteiger partial charge in [-0.1, -0.05) is 24.3 Å². The van der Waals surface area contributed by atoms with E-state index >= 15 is 0 Å². The maximum Gasteiger partial charge on any atom is 0.220 e. The fourth-order valence-electron chi connectivity index (χ4n) is 5.14. The molecule has 0 amide bonds. The number of aromatic nitrogens is 1. The van der Waals surface area contributed by atoms with Crippen molar-refractivity contribution in [3.8, 4) is 22.6 Å². The Morgan fingerprint density at radius 3 is 2.79 bits per heavy atom. The second kappa shape index (κ2) is 9.39. The first-order valence-corrected chi connectivity index (χ1v) is 12.3. The third-order valence-electron chi connectivity index (χ3n) is 6.79. The van der Waals surface area contributed by atoms with E-state index in [4.69, 9.17) is 14.5 Å². The normalized spacial score (nSPS) is 22.2. The number of fused-ring (bicyclic) bond motifs is 1. The van der Waals surface area contributed by atoms with E-state index in [1.807, 2.05) is 36.0 Å². The van der Waals surface area contributed by atoms with Gasteiger partial charge in [0.2, 0.25) is 5.95 Å². The average molecular weight is 478 g/mol. The van der Waals surface area contributed by atoms with Crippen molar-refractivity contribution in [2.75, 3.05) is 33.1 Å². The van der Waals surface area contributed by atoms with Crippen LogP contribution in [0.5, 0.6) is 11.5 Å². The van der Waals surface area contributed by atoms with Crippen molar-refractivity contribution in [3.05, 3.63) is 77.9 Å². The largest absolute Gasteiger partial charge is 0.497 e. The van der Waals surface area contributed by atoms with Crippen molar-refractivity contribution in [1.29, 1.82) is 0 Å². The molecule has 1 saturated heterocycles. The summed E-state index contributed by atoms with van der Waals surface area (Å²) in [5.74, 6) is 2.53. The molecule has 1 aromatic heterocycles. The third kappa shape index (κ3) is 4.18. The predicted octanol–water partition coefficient (Wildman–Crippen LogP) is 5.40. The SMILES string of the molecule is COc1ccc(CN2C[C@H]3CSC(C)=N[C@@]3(c3cccc(-c4cccnc4F)c3)C2)c(OC)c1. The Hall–Kier alpha value is -2.90. The van der Waals surface area contributed by atoms with Crippen molar-refractivity contribution in [2.45, 2.75) is 19.0 Å². The molecular formula is C27H28FN3O2S. The molecule has 176 valence electrons. The Bertz CT molecular complexity index is 1230. The zero-order valence-corrected chi connectivity index (χ0v) is 20.4. The standard InChI is InChI=1S/C27H28FN3O2S/c1-18-30-27(21-7-4-6-19(12-21)24-8-5-11-29-26(24)28)17-31(15-22(27)16-34-18)14-20-9-10-23(32-2)13-25(20)33-3/h4-13,22H,14-17H2,1-3H3/t22-,27+/m0/s1. The van der Waals surface area contributed by atoms with Crippen LogP contribution in [0.4, 0.5) is 4.39 Å². The summed E-state index contributed by atoms with van der Waals surface area (Å²) in [5.41, 5.74) is 3.24. The molecule has 0 bridgehead atoms. The minimum atomic E-state index is -0.452. The Morgan fingerprint density at radius 2 is 2.00 bits per heavy atom. The summed E-state index contributed by atoms with van der Waals surface area (Å²) in [6.07, 6.45) is 1.48. The smallest absolute Gasteiger partial charge is 0.220 e. The lowest BCUT2D eigenvalue weighted by molar-refractivity contribution is 0.298. The Balaban J connectivity index is 1.49. The van der Waals surface area contributed by atoms with Crippen LogP contribution in [-0.2, 0) is 12.1 Å². The van der Waals surface area contributed by atoms with Gasteiger partial charge in [0.15, 0.2) is 0 Å². The molecule has 2 atom stereocenters. The summed E-state index contributed by atoms with van der Waals surface area (Å²) >= 11 is 1.82. The van der Waals surface area contributed by atoms with Crippen LogP contribution in [0.2, 0.25) is 0 Å². The van der Waals surface area contributed by atoms with Crippen LogP contribution in [-0.4, -0.2) is 48.0 Å². The van der Waals surface area contributed by atoms with Crippen LogP contribution in [0, 0.1) is 11.9 Å². The zero-order valence-electron chi connectivity index (χ0n) is 19.6. The molecule has 0 radical (unpaired) electrons. The Morgan fingerprint density at radius 1 is 1.12 bits per heavy atom. The molecule has 3 aromatic rings.